The molecule has 2 rings (SSSR count). The average molecular weight is 479 g/mol. The Morgan fingerprint density at radius 3 is 2.92 bits per heavy atom. The van der Waals surface area contributed by atoms with Crippen LogP contribution in [0.3, 0.4) is 0 Å². The fraction of sp³-hybridized carbons (Fsp3) is 0.611. The van der Waals surface area contributed by atoms with E-state index in [-0.39, 0.29) is 30.1 Å². The van der Waals surface area contributed by atoms with Crippen LogP contribution in [-0.2, 0) is 11.3 Å². The molecule has 1 saturated heterocycles. The molecule has 2 N–H and O–H groups in total. The number of hydrogen-bond donors (Lipinski definition) is 2. The summed E-state index contributed by atoms with van der Waals surface area (Å²) >= 11 is 1.82. The lowest BCUT2D eigenvalue weighted by atomic mass is 10.1. The van der Waals surface area contributed by atoms with Crippen LogP contribution in [0.25, 0.3) is 0 Å². The molecule has 0 radical (unpaired) electrons. The lowest BCUT2D eigenvalue weighted by Gasteiger charge is -2.16. The number of nitrogens with one attached hydrogen (secondary N) is 2. The molecule has 0 spiro atoms. The SMILES string of the molecule is CCNC(=NCc1ccc(C)cc1OC1CCOC1)NCCSC.I. The number of ether oxygens (including phenoxy) is 2. The maximum atomic E-state index is 6.14. The van der Waals surface area contributed by atoms with Gasteiger partial charge >= 0.3 is 0 Å². The summed E-state index contributed by atoms with van der Waals surface area (Å²) in [6.07, 6.45) is 3.21. The maximum absolute atomic E-state index is 6.14. The monoisotopic (exact) mass is 479 g/mol. The van der Waals surface area contributed by atoms with Crippen molar-refractivity contribution in [3.8, 4) is 5.75 Å². The van der Waals surface area contributed by atoms with Crippen LogP contribution < -0.4 is 15.4 Å². The lowest BCUT2D eigenvalue weighted by molar-refractivity contribution is 0.140. The molecule has 1 atom stereocenters. The first-order valence-corrected chi connectivity index (χ1v) is 9.97. The van der Waals surface area contributed by atoms with Gasteiger partial charge in [0, 0.05) is 30.8 Å². The smallest absolute Gasteiger partial charge is 0.191 e. The van der Waals surface area contributed by atoms with Crippen molar-refractivity contribution in [3.63, 3.8) is 0 Å². The first-order chi connectivity index (χ1) is 11.7. The average Bonchev–Trinajstić information content (AvgIpc) is 3.07. The Morgan fingerprint density at radius 2 is 2.24 bits per heavy atom. The van der Waals surface area contributed by atoms with Gasteiger partial charge in [-0.1, -0.05) is 12.1 Å². The highest BCUT2D eigenvalue weighted by Crippen LogP contribution is 2.24. The number of aliphatic imine (C=N–C) groups is 1. The van der Waals surface area contributed by atoms with E-state index in [9.17, 15) is 0 Å². The van der Waals surface area contributed by atoms with Crippen molar-refractivity contribution >= 4 is 41.7 Å². The van der Waals surface area contributed by atoms with Crippen LogP contribution >= 0.6 is 35.7 Å². The van der Waals surface area contributed by atoms with E-state index in [4.69, 9.17) is 14.5 Å². The van der Waals surface area contributed by atoms with Gasteiger partial charge in [-0.2, -0.15) is 11.8 Å². The highest BCUT2D eigenvalue weighted by Gasteiger charge is 2.18. The highest BCUT2D eigenvalue weighted by molar-refractivity contribution is 14.0. The molecule has 0 aliphatic carbocycles. The van der Waals surface area contributed by atoms with E-state index in [0.29, 0.717) is 13.2 Å². The molecule has 5 nitrogen and oxygen atoms in total. The van der Waals surface area contributed by atoms with Gasteiger partial charge in [0.2, 0.25) is 0 Å². The van der Waals surface area contributed by atoms with Gasteiger partial charge in [-0.15, -0.1) is 24.0 Å². The summed E-state index contributed by atoms with van der Waals surface area (Å²) in [6.45, 7) is 7.97. The molecule has 1 aromatic rings. The molecule has 7 heteroatoms. The molecule has 25 heavy (non-hydrogen) atoms. The van der Waals surface area contributed by atoms with Crippen LogP contribution in [0, 0.1) is 6.92 Å². The Balaban J connectivity index is 0.00000312. The molecule has 0 bridgehead atoms. The summed E-state index contributed by atoms with van der Waals surface area (Å²) < 4.78 is 11.5. The molecule has 1 aromatic carbocycles. The van der Waals surface area contributed by atoms with E-state index in [1.807, 2.05) is 11.8 Å². The van der Waals surface area contributed by atoms with Crippen molar-refractivity contribution < 1.29 is 9.47 Å². The van der Waals surface area contributed by atoms with Crippen molar-refractivity contribution in [1.82, 2.24) is 10.6 Å². The second kappa shape index (κ2) is 12.6. The molecule has 0 aromatic heterocycles. The number of rotatable bonds is 8. The lowest BCUT2D eigenvalue weighted by Crippen LogP contribution is -2.38. The fourth-order valence-electron chi connectivity index (χ4n) is 2.46. The van der Waals surface area contributed by atoms with Crippen molar-refractivity contribution in [1.29, 1.82) is 0 Å². The normalized spacial score (nSPS) is 17.1. The van der Waals surface area contributed by atoms with E-state index in [1.165, 1.54) is 5.56 Å². The Morgan fingerprint density at radius 1 is 1.40 bits per heavy atom. The van der Waals surface area contributed by atoms with Gasteiger partial charge in [-0.3, -0.25) is 0 Å². The molecule has 142 valence electrons. The first-order valence-electron chi connectivity index (χ1n) is 8.58. The Kier molecular flexibility index (Phi) is 11.3. The summed E-state index contributed by atoms with van der Waals surface area (Å²) in [5.74, 6) is 2.84. The van der Waals surface area contributed by atoms with E-state index >= 15 is 0 Å². The predicted molar refractivity (Wildman–Crippen MR) is 118 cm³/mol. The van der Waals surface area contributed by atoms with Crippen LogP contribution in [0.15, 0.2) is 23.2 Å². The molecule has 0 saturated carbocycles. The summed E-state index contributed by atoms with van der Waals surface area (Å²) in [5, 5.41) is 6.64. The van der Waals surface area contributed by atoms with Gasteiger partial charge in [-0.05, 0) is 31.7 Å². The third kappa shape index (κ3) is 8.04. The van der Waals surface area contributed by atoms with Gasteiger partial charge in [0.25, 0.3) is 0 Å². The van der Waals surface area contributed by atoms with Crippen LogP contribution in [-0.4, -0.2) is 50.4 Å². The largest absolute Gasteiger partial charge is 0.488 e. The van der Waals surface area contributed by atoms with Crippen LogP contribution in [0.4, 0.5) is 0 Å². The summed E-state index contributed by atoms with van der Waals surface area (Å²) in [4.78, 5) is 4.69. The third-order valence-electron chi connectivity index (χ3n) is 3.75. The van der Waals surface area contributed by atoms with E-state index < -0.39 is 0 Å². The summed E-state index contributed by atoms with van der Waals surface area (Å²) in [6, 6.07) is 6.31. The Hall–Kier alpha value is -0.670. The van der Waals surface area contributed by atoms with Gasteiger partial charge in [0.15, 0.2) is 5.96 Å². The zero-order valence-corrected chi connectivity index (χ0v) is 18.5. The molecular weight excluding hydrogens is 449 g/mol. The number of aryl methyl sites for hydroxylation is 1. The minimum Gasteiger partial charge on any atom is -0.488 e. The minimum atomic E-state index is 0. The third-order valence-corrected chi connectivity index (χ3v) is 4.37. The zero-order chi connectivity index (χ0) is 17.2. The van der Waals surface area contributed by atoms with E-state index in [1.54, 1.807) is 0 Å². The summed E-state index contributed by atoms with van der Waals surface area (Å²) in [7, 11) is 0. The van der Waals surface area contributed by atoms with Crippen molar-refractivity contribution in [2.24, 2.45) is 4.99 Å². The number of benzene rings is 1. The van der Waals surface area contributed by atoms with Gasteiger partial charge in [-0.25, -0.2) is 4.99 Å². The highest BCUT2D eigenvalue weighted by atomic mass is 127. The van der Waals surface area contributed by atoms with Gasteiger partial charge in [0.05, 0.1) is 19.8 Å². The molecule has 1 aliphatic rings. The first kappa shape index (κ1) is 22.4. The second-order valence-electron chi connectivity index (χ2n) is 5.83. The van der Waals surface area contributed by atoms with Crippen molar-refractivity contribution in [2.75, 3.05) is 38.3 Å². The number of nitrogens with zero attached hydrogens (tertiary/aromatic N) is 1. The van der Waals surface area contributed by atoms with Crippen molar-refractivity contribution in [2.45, 2.75) is 32.9 Å². The number of hydrogen-bond acceptors (Lipinski definition) is 4. The molecule has 1 heterocycles. The van der Waals surface area contributed by atoms with E-state index in [0.717, 1.165) is 49.1 Å². The number of halogens is 1. The molecular formula is C18H30IN3O2S. The Bertz CT molecular complexity index is 537. The minimum absolute atomic E-state index is 0. The molecule has 1 unspecified atom stereocenters. The van der Waals surface area contributed by atoms with Crippen LogP contribution in [0.5, 0.6) is 5.75 Å². The van der Waals surface area contributed by atoms with Crippen LogP contribution in [0.2, 0.25) is 0 Å². The molecule has 1 aliphatic heterocycles. The standard InChI is InChI=1S/C18H29N3O2S.HI/c1-4-19-18(20-8-10-24-3)21-12-15-6-5-14(2)11-17(15)23-16-7-9-22-13-16;/h5-6,11,16H,4,7-10,12-13H2,1-3H3,(H2,19,20,21);1H. The molecule has 0 amide bonds. The second-order valence-corrected chi connectivity index (χ2v) is 6.81. The summed E-state index contributed by atoms with van der Waals surface area (Å²) in [5.41, 5.74) is 2.30. The quantitative estimate of drug-likeness (QED) is 0.260. The molecule has 1 fully saturated rings. The number of guanidine groups is 1. The fourth-order valence-corrected chi connectivity index (χ4v) is 2.77. The van der Waals surface area contributed by atoms with Crippen LogP contribution in [0.1, 0.15) is 24.5 Å². The van der Waals surface area contributed by atoms with Gasteiger partial charge in [0.1, 0.15) is 11.9 Å². The zero-order valence-electron chi connectivity index (χ0n) is 15.3. The Labute approximate surface area is 172 Å². The number of thioether (sulfide) groups is 1. The topological polar surface area (TPSA) is 54.9 Å². The predicted octanol–water partition coefficient (Wildman–Crippen LogP) is 3.20. The maximum Gasteiger partial charge on any atom is 0.191 e. The van der Waals surface area contributed by atoms with E-state index in [2.05, 4.69) is 48.9 Å². The van der Waals surface area contributed by atoms with Crippen molar-refractivity contribution in [3.05, 3.63) is 29.3 Å². The van der Waals surface area contributed by atoms with Gasteiger partial charge < -0.3 is 20.1 Å².